The molecular weight excluding hydrogens is 370 g/mol. The second-order valence-corrected chi connectivity index (χ2v) is 6.14. The number of benzene rings is 1. The van der Waals surface area contributed by atoms with Crippen LogP contribution in [-0.4, -0.2) is 61.3 Å². The molecule has 0 saturated carbocycles. The maximum absolute atomic E-state index is 12.7. The molecule has 1 saturated heterocycles. The highest BCUT2D eigenvalue weighted by atomic mass is 16.6. The first-order valence-corrected chi connectivity index (χ1v) is 9.13. The summed E-state index contributed by atoms with van der Waals surface area (Å²) in [4.78, 5) is 36.8. The van der Waals surface area contributed by atoms with E-state index in [0.717, 1.165) is 0 Å². The van der Waals surface area contributed by atoms with Gasteiger partial charge >= 0.3 is 6.09 Å². The zero-order valence-corrected chi connectivity index (χ0v) is 16.2. The second-order valence-electron chi connectivity index (χ2n) is 6.14. The van der Waals surface area contributed by atoms with E-state index < -0.39 is 10.8 Å². The molecule has 0 radical (unpaired) electrons. The second kappa shape index (κ2) is 9.77. The number of ether oxygens (including phenoxy) is 3. The molecule has 1 aliphatic rings. The fourth-order valence-electron chi connectivity index (χ4n) is 2.99. The molecule has 0 aromatic heterocycles. The molecule has 0 unspecified atom stereocenters. The average Bonchev–Trinajstić information content (AvgIpc) is 2.68. The lowest BCUT2D eigenvalue weighted by Gasteiger charge is -2.31. The molecule has 28 heavy (non-hydrogen) atoms. The monoisotopic (exact) mass is 395 g/mol. The summed E-state index contributed by atoms with van der Waals surface area (Å²) in [6.07, 6.45) is 0.693. The average molecular weight is 395 g/mol. The molecule has 1 aromatic rings. The van der Waals surface area contributed by atoms with E-state index >= 15 is 0 Å². The molecular formula is C18H25N3O7. The third kappa shape index (κ3) is 5.02. The number of nitro benzene ring substituents is 1. The smallest absolute Gasteiger partial charge is 0.409 e. The van der Waals surface area contributed by atoms with Crippen LogP contribution in [0, 0.1) is 10.1 Å². The molecule has 10 nitrogen and oxygen atoms in total. The van der Waals surface area contributed by atoms with E-state index in [9.17, 15) is 19.7 Å². The van der Waals surface area contributed by atoms with Gasteiger partial charge < -0.3 is 24.4 Å². The number of methoxy groups -OCH3 is 1. The molecule has 1 heterocycles. The van der Waals surface area contributed by atoms with Gasteiger partial charge in [0, 0.05) is 25.2 Å². The van der Waals surface area contributed by atoms with Crippen LogP contribution in [0.3, 0.4) is 0 Å². The number of hydrogen-bond acceptors (Lipinski definition) is 7. The van der Waals surface area contributed by atoms with Crippen molar-refractivity contribution in [2.75, 3.05) is 33.4 Å². The van der Waals surface area contributed by atoms with Crippen LogP contribution in [0.2, 0.25) is 0 Å². The lowest BCUT2D eigenvalue weighted by Crippen LogP contribution is -2.46. The zero-order valence-electron chi connectivity index (χ0n) is 16.2. The zero-order chi connectivity index (χ0) is 20.7. The molecule has 1 fully saturated rings. The van der Waals surface area contributed by atoms with Crippen molar-refractivity contribution in [1.29, 1.82) is 0 Å². The van der Waals surface area contributed by atoms with Crippen LogP contribution in [0.4, 0.5) is 10.5 Å². The summed E-state index contributed by atoms with van der Waals surface area (Å²) in [7, 11) is 1.40. The highest BCUT2D eigenvalue weighted by Crippen LogP contribution is 2.35. The number of carbonyl (C=O) groups is 2. The molecule has 0 bridgehead atoms. The van der Waals surface area contributed by atoms with Gasteiger partial charge in [0.2, 0.25) is 0 Å². The number of likely N-dealkylation sites (tertiary alicyclic amines) is 1. The summed E-state index contributed by atoms with van der Waals surface area (Å²) in [6.45, 7) is 4.98. The Kier molecular flexibility index (Phi) is 7.42. The Morgan fingerprint density at radius 3 is 2.43 bits per heavy atom. The van der Waals surface area contributed by atoms with Crippen LogP contribution in [0.5, 0.6) is 11.5 Å². The molecule has 10 heteroatoms. The van der Waals surface area contributed by atoms with Crippen molar-refractivity contribution in [3.05, 3.63) is 27.8 Å². The van der Waals surface area contributed by atoms with E-state index in [1.165, 1.54) is 19.2 Å². The van der Waals surface area contributed by atoms with Crippen molar-refractivity contribution >= 4 is 17.7 Å². The number of hydrogen-bond donors (Lipinski definition) is 1. The SMILES string of the molecule is CCOC(=O)N1CCC(NC(=O)c2cc(OC)c(OCC)cc2[N+](=O)[O-])CC1. The minimum atomic E-state index is -0.625. The van der Waals surface area contributed by atoms with Gasteiger partial charge in [-0.05, 0) is 26.7 Å². The Balaban J connectivity index is 2.11. The van der Waals surface area contributed by atoms with Crippen molar-refractivity contribution in [3.8, 4) is 11.5 Å². The Morgan fingerprint density at radius 2 is 1.89 bits per heavy atom. The van der Waals surface area contributed by atoms with Crippen LogP contribution in [-0.2, 0) is 4.74 Å². The Labute approximate surface area is 162 Å². The topological polar surface area (TPSA) is 120 Å². The number of carbonyl (C=O) groups excluding carboxylic acids is 2. The summed E-state index contributed by atoms with van der Waals surface area (Å²) >= 11 is 0. The van der Waals surface area contributed by atoms with Crippen LogP contribution < -0.4 is 14.8 Å². The lowest BCUT2D eigenvalue weighted by molar-refractivity contribution is -0.385. The fraction of sp³-hybridized carbons (Fsp3) is 0.556. The third-order valence-electron chi connectivity index (χ3n) is 4.38. The molecule has 2 rings (SSSR count). The molecule has 1 N–H and O–H groups in total. The number of rotatable bonds is 7. The minimum Gasteiger partial charge on any atom is -0.493 e. The van der Waals surface area contributed by atoms with E-state index in [-0.39, 0.29) is 34.9 Å². The van der Waals surface area contributed by atoms with E-state index in [0.29, 0.717) is 39.1 Å². The van der Waals surface area contributed by atoms with Gasteiger partial charge in [0.15, 0.2) is 11.5 Å². The maximum Gasteiger partial charge on any atom is 0.409 e. The Hall–Kier alpha value is -3.04. The van der Waals surface area contributed by atoms with Crippen molar-refractivity contribution in [3.63, 3.8) is 0 Å². The van der Waals surface area contributed by atoms with Crippen LogP contribution in [0.1, 0.15) is 37.0 Å². The molecule has 0 spiro atoms. The summed E-state index contributed by atoms with van der Waals surface area (Å²) < 4.78 is 15.5. The third-order valence-corrected chi connectivity index (χ3v) is 4.38. The summed E-state index contributed by atoms with van der Waals surface area (Å²) in [5.74, 6) is -0.117. The van der Waals surface area contributed by atoms with Crippen LogP contribution >= 0.6 is 0 Å². The highest BCUT2D eigenvalue weighted by Gasteiger charge is 2.29. The van der Waals surface area contributed by atoms with Crippen molar-refractivity contribution in [2.45, 2.75) is 32.7 Å². The molecule has 2 amide bonds. The highest BCUT2D eigenvalue weighted by molar-refractivity contribution is 5.99. The quantitative estimate of drug-likeness (QED) is 0.556. The Morgan fingerprint density at radius 1 is 1.21 bits per heavy atom. The van der Waals surface area contributed by atoms with Crippen LogP contribution in [0.15, 0.2) is 12.1 Å². The van der Waals surface area contributed by atoms with Crippen LogP contribution in [0.25, 0.3) is 0 Å². The molecule has 154 valence electrons. The van der Waals surface area contributed by atoms with Gasteiger partial charge in [-0.25, -0.2) is 4.79 Å². The van der Waals surface area contributed by atoms with E-state index in [2.05, 4.69) is 5.32 Å². The van der Waals surface area contributed by atoms with Gasteiger partial charge in [0.05, 0.1) is 31.3 Å². The molecule has 1 aliphatic heterocycles. The summed E-state index contributed by atoms with van der Waals surface area (Å²) in [5.41, 5.74) is -0.455. The van der Waals surface area contributed by atoms with Gasteiger partial charge in [-0.2, -0.15) is 0 Å². The first-order chi connectivity index (χ1) is 13.4. The van der Waals surface area contributed by atoms with E-state index in [1.807, 2.05) is 0 Å². The Bertz CT molecular complexity index is 730. The number of nitrogens with zero attached hydrogens (tertiary/aromatic N) is 2. The number of nitro groups is 1. The summed E-state index contributed by atoms with van der Waals surface area (Å²) in [5, 5.41) is 14.2. The predicted molar refractivity (Wildman–Crippen MR) is 99.9 cm³/mol. The standard InChI is InChI=1S/C18H25N3O7/c1-4-27-16-11-14(21(24)25)13(10-15(16)26-3)17(22)19-12-6-8-20(9-7-12)18(23)28-5-2/h10-12H,4-9H2,1-3H3,(H,19,22). The van der Waals surface area contributed by atoms with Gasteiger partial charge in [-0.15, -0.1) is 0 Å². The van der Waals surface area contributed by atoms with Crippen molar-refractivity contribution in [1.82, 2.24) is 10.2 Å². The lowest BCUT2D eigenvalue weighted by atomic mass is 10.0. The molecule has 1 aromatic carbocycles. The largest absolute Gasteiger partial charge is 0.493 e. The van der Waals surface area contributed by atoms with E-state index in [1.54, 1.807) is 18.7 Å². The number of nitrogens with one attached hydrogen (secondary N) is 1. The molecule has 0 atom stereocenters. The van der Waals surface area contributed by atoms with Crippen molar-refractivity contribution < 1.29 is 28.7 Å². The van der Waals surface area contributed by atoms with E-state index in [4.69, 9.17) is 14.2 Å². The van der Waals surface area contributed by atoms with Gasteiger partial charge in [-0.3, -0.25) is 14.9 Å². The first-order valence-electron chi connectivity index (χ1n) is 9.13. The fourth-order valence-corrected chi connectivity index (χ4v) is 2.99. The first kappa shape index (κ1) is 21.3. The number of amides is 2. The minimum absolute atomic E-state index is 0.0990. The molecule has 0 aliphatic carbocycles. The van der Waals surface area contributed by atoms with Crippen molar-refractivity contribution in [2.24, 2.45) is 0 Å². The van der Waals surface area contributed by atoms with Gasteiger partial charge in [0.1, 0.15) is 5.56 Å². The maximum atomic E-state index is 12.7. The van der Waals surface area contributed by atoms with Gasteiger partial charge in [0.25, 0.3) is 11.6 Å². The normalized spacial score (nSPS) is 14.3. The predicted octanol–water partition coefficient (Wildman–Crippen LogP) is 2.35. The van der Waals surface area contributed by atoms with Gasteiger partial charge in [-0.1, -0.05) is 0 Å². The summed E-state index contributed by atoms with van der Waals surface area (Å²) in [6, 6.07) is 2.31. The number of piperidine rings is 1.